The molecule has 0 unspecified atom stereocenters. The van der Waals surface area contributed by atoms with Crippen LogP contribution in [0.1, 0.15) is 11.3 Å². The van der Waals surface area contributed by atoms with E-state index >= 15 is 0 Å². The summed E-state index contributed by atoms with van der Waals surface area (Å²) < 4.78 is 4.05. The molecule has 0 amide bonds. The van der Waals surface area contributed by atoms with Gasteiger partial charge in [0, 0.05) is 23.7 Å². The van der Waals surface area contributed by atoms with Gasteiger partial charge in [-0.25, -0.2) is 14.6 Å². The molecule has 29 heavy (non-hydrogen) atoms. The number of nitrogens with one attached hydrogen (secondary N) is 1. The number of hydrogen-bond donors (Lipinski definition) is 1. The highest BCUT2D eigenvalue weighted by Gasteiger charge is 2.19. The summed E-state index contributed by atoms with van der Waals surface area (Å²) in [6.45, 7) is 2.70. The fourth-order valence-corrected chi connectivity index (χ4v) is 3.62. The second-order valence-corrected chi connectivity index (χ2v) is 6.89. The molecule has 0 aliphatic rings. The Balaban J connectivity index is 1.64. The predicted octanol–water partition coefficient (Wildman–Crippen LogP) is 4.48. The molecule has 142 valence electrons. The molecular formula is C23H20N6. The zero-order valence-corrected chi connectivity index (χ0v) is 16.0. The highest BCUT2D eigenvalue weighted by molar-refractivity contribution is 5.77. The van der Waals surface area contributed by atoms with Crippen molar-refractivity contribution in [3.8, 4) is 28.3 Å². The van der Waals surface area contributed by atoms with Crippen molar-refractivity contribution in [3.05, 3.63) is 97.0 Å². The molecule has 0 bridgehead atoms. The first-order valence-corrected chi connectivity index (χ1v) is 9.50. The van der Waals surface area contributed by atoms with Gasteiger partial charge in [-0.1, -0.05) is 48.5 Å². The molecule has 2 aromatic carbocycles. The smallest absolute Gasteiger partial charge is 0.110 e. The number of H-pyrrole nitrogens is 1. The van der Waals surface area contributed by atoms with E-state index in [9.17, 15) is 0 Å². The lowest BCUT2D eigenvalue weighted by molar-refractivity contribution is 0.778. The number of benzene rings is 2. The van der Waals surface area contributed by atoms with Crippen LogP contribution in [0.3, 0.4) is 0 Å². The van der Waals surface area contributed by atoms with E-state index in [1.165, 1.54) is 0 Å². The lowest BCUT2D eigenvalue weighted by Crippen LogP contribution is -2.06. The first-order valence-electron chi connectivity index (χ1n) is 9.50. The van der Waals surface area contributed by atoms with E-state index in [0.29, 0.717) is 6.54 Å². The second-order valence-electron chi connectivity index (χ2n) is 6.89. The summed E-state index contributed by atoms with van der Waals surface area (Å²) in [5, 5.41) is 4.40. The number of aryl methyl sites for hydroxylation is 1. The van der Waals surface area contributed by atoms with E-state index < -0.39 is 0 Å². The third-order valence-electron chi connectivity index (χ3n) is 5.02. The maximum atomic E-state index is 4.76. The Morgan fingerprint density at radius 3 is 2.48 bits per heavy atom. The summed E-state index contributed by atoms with van der Waals surface area (Å²) in [7, 11) is 0. The van der Waals surface area contributed by atoms with Crippen molar-refractivity contribution in [2.24, 2.45) is 0 Å². The zero-order chi connectivity index (χ0) is 19.6. The zero-order valence-electron chi connectivity index (χ0n) is 16.0. The fraction of sp³-hybridized carbons (Fsp3) is 0.0870. The van der Waals surface area contributed by atoms with Crippen molar-refractivity contribution >= 4 is 0 Å². The first kappa shape index (κ1) is 17.2. The van der Waals surface area contributed by atoms with Gasteiger partial charge in [0.05, 0.1) is 36.3 Å². The van der Waals surface area contributed by atoms with E-state index in [-0.39, 0.29) is 0 Å². The molecule has 0 fully saturated rings. The van der Waals surface area contributed by atoms with Crippen LogP contribution in [0.4, 0.5) is 0 Å². The summed E-state index contributed by atoms with van der Waals surface area (Å²) in [4.78, 5) is 12.5. The van der Waals surface area contributed by atoms with Crippen molar-refractivity contribution in [3.63, 3.8) is 0 Å². The molecule has 0 aliphatic heterocycles. The Labute approximate surface area is 168 Å². The number of rotatable bonds is 5. The molecule has 3 heterocycles. The average molecular weight is 380 g/mol. The van der Waals surface area contributed by atoms with Gasteiger partial charge in [-0.2, -0.15) is 5.10 Å². The van der Waals surface area contributed by atoms with Gasteiger partial charge in [0.15, 0.2) is 0 Å². The van der Waals surface area contributed by atoms with E-state index in [0.717, 1.165) is 39.6 Å². The number of aromatic nitrogens is 6. The Hall–Kier alpha value is -3.93. The Morgan fingerprint density at radius 2 is 1.72 bits per heavy atom. The van der Waals surface area contributed by atoms with Gasteiger partial charge < -0.3 is 9.55 Å². The quantitative estimate of drug-likeness (QED) is 0.489. The number of imidazole rings is 2. The maximum absolute atomic E-state index is 4.76. The minimum absolute atomic E-state index is 0.664. The van der Waals surface area contributed by atoms with Gasteiger partial charge >= 0.3 is 0 Å². The van der Waals surface area contributed by atoms with E-state index in [4.69, 9.17) is 4.98 Å². The first-order chi connectivity index (χ1) is 14.3. The molecule has 1 N–H and O–H groups in total. The normalized spacial score (nSPS) is 11.1. The Morgan fingerprint density at radius 1 is 0.897 bits per heavy atom. The van der Waals surface area contributed by atoms with Crippen LogP contribution in [0.15, 0.2) is 85.7 Å². The third kappa shape index (κ3) is 3.14. The molecule has 0 aliphatic carbocycles. The molecule has 0 saturated carbocycles. The fourth-order valence-electron chi connectivity index (χ4n) is 3.62. The number of para-hydroxylation sites is 1. The summed E-state index contributed by atoms with van der Waals surface area (Å²) in [5.74, 6) is 0. The summed E-state index contributed by atoms with van der Waals surface area (Å²) in [5.41, 5.74) is 7.15. The summed E-state index contributed by atoms with van der Waals surface area (Å²) in [6, 6.07) is 20.5. The van der Waals surface area contributed by atoms with Crippen LogP contribution in [-0.2, 0) is 6.54 Å². The van der Waals surface area contributed by atoms with Crippen LogP contribution < -0.4 is 0 Å². The van der Waals surface area contributed by atoms with Crippen molar-refractivity contribution in [2.75, 3.05) is 0 Å². The summed E-state index contributed by atoms with van der Waals surface area (Å²) >= 11 is 0. The van der Waals surface area contributed by atoms with E-state index in [1.807, 2.05) is 54.5 Å². The van der Waals surface area contributed by atoms with Gasteiger partial charge in [-0.05, 0) is 24.6 Å². The number of hydrogen-bond acceptors (Lipinski definition) is 3. The van der Waals surface area contributed by atoms with Crippen LogP contribution in [0.5, 0.6) is 0 Å². The molecule has 0 spiro atoms. The van der Waals surface area contributed by atoms with Crippen LogP contribution in [0, 0.1) is 6.92 Å². The van der Waals surface area contributed by atoms with Crippen LogP contribution in [-0.4, -0.2) is 29.3 Å². The van der Waals surface area contributed by atoms with Crippen molar-refractivity contribution in [2.45, 2.75) is 13.5 Å². The SMILES string of the molecule is Cc1[nH]cnc1-c1c(-c2ccccc2)ncn1Cc1ccccc1-n1cccn1. The lowest BCUT2D eigenvalue weighted by atomic mass is 10.1. The molecule has 5 rings (SSSR count). The van der Waals surface area contributed by atoms with Gasteiger partial charge in [-0.15, -0.1) is 0 Å². The van der Waals surface area contributed by atoms with Crippen LogP contribution >= 0.6 is 0 Å². The Bertz CT molecular complexity index is 1230. The average Bonchev–Trinajstić information content (AvgIpc) is 3.50. The van der Waals surface area contributed by atoms with Gasteiger partial charge in [0.2, 0.25) is 0 Å². The third-order valence-corrected chi connectivity index (χ3v) is 5.02. The predicted molar refractivity (Wildman–Crippen MR) is 113 cm³/mol. The monoisotopic (exact) mass is 380 g/mol. The van der Waals surface area contributed by atoms with Crippen LogP contribution in [0.25, 0.3) is 28.3 Å². The molecule has 5 aromatic rings. The van der Waals surface area contributed by atoms with E-state index in [2.05, 4.69) is 50.0 Å². The topological polar surface area (TPSA) is 64.3 Å². The minimum atomic E-state index is 0.664. The van der Waals surface area contributed by atoms with Gasteiger partial charge in [-0.3, -0.25) is 0 Å². The standard InChI is InChI=1S/C23H20N6/c1-17-21(25-15-24-17)23-22(18-8-3-2-4-9-18)26-16-28(23)14-19-10-5-6-11-20(19)29-13-7-12-27-29/h2-13,15-16H,14H2,1H3,(H,24,25). The Kier molecular flexibility index (Phi) is 4.29. The number of aromatic amines is 1. The van der Waals surface area contributed by atoms with Gasteiger partial charge in [0.25, 0.3) is 0 Å². The molecular weight excluding hydrogens is 360 g/mol. The molecule has 6 nitrogen and oxygen atoms in total. The van der Waals surface area contributed by atoms with E-state index in [1.54, 1.807) is 12.5 Å². The maximum Gasteiger partial charge on any atom is 0.110 e. The summed E-state index contributed by atoms with van der Waals surface area (Å²) in [6.07, 6.45) is 7.38. The van der Waals surface area contributed by atoms with Crippen molar-refractivity contribution in [1.82, 2.24) is 29.3 Å². The van der Waals surface area contributed by atoms with Crippen LogP contribution in [0.2, 0.25) is 0 Å². The minimum Gasteiger partial charge on any atom is -0.348 e. The molecule has 3 aromatic heterocycles. The molecule has 6 heteroatoms. The largest absolute Gasteiger partial charge is 0.348 e. The van der Waals surface area contributed by atoms with Gasteiger partial charge in [0.1, 0.15) is 5.69 Å². The van der Waals surface area contributed by atoms with Crippen molar-refractivity contribution < 1.29 is 0 Å². The molecule has 0 saturated heterocycles. The highest BCUT2D eigenvalue weighted by Crippen LogP contribution is 2.32. The molecule has 0 atom stereocenters. The van der Waals surface area contributed by atoms with Crippen molar-refractivity contribution in [1.29, 1.82) is 0 Å². The number of nitrogens with zero attached hydrogens (tertiary/aromatic N) is 5. The molecule has 0 radical (unpaired) electrons. The lowest BCUT2D eigenvalue weighted by Gasteiger charge is -2.13. The second kappa shape index (κ2) is 7.24. The highest BCUT2D eigenvalue weighted by atomic mass is 15.3.